The van der Waals surface area contributed by atoms with Gasteiger partial charge in [0.1, 0.15) is 17.3 Å². The molecule has 1 aromatic carbocycles. The molecule has 35 heavy (non-hydrogen) atoms. The normalized spacial score (nSPS) is 21.8. The van der Waals surface area contributed by atoms with Crippen molar-refractivity contribution in [3.8, 4) is 11.5 Å². The lowest BCUT2D eigenvalue weighted by atomic mass is 9.93. The van der Waals surface area contributed by atoms with E-state index in [1.165, 1.54) is 24.5 Å². The second-order valence-electron chi connectivity index (χ2n) is 9.01. The first-order valence-corrected chi connectivity index (χ1v) is 11.3. The van der Waals surface area contributed by atoms with Crippen LogP contribution in [-0.4, -0.2) is 45.2 Å². The summed E-state index contributed by atoms with van der Waals surface area (Å²) in [6.07, 6.45) is 5.66. The van der Waals surface area contributed by atoms with E-state index in [-0.39, 0.29) is 31.2 Å². The van der Waals surface area contributed by atoms with E-state index < -0.39 is 17.6 Å². The van der Waals surface area contributed by atoms with Gasteiger partial charge in [0.25, 0.3) is 5.92 Å². The highest BCUT2D eigenvalue weighted by Crippen LogP contribution is 2.39. The van der Waals surface area contributed by atoms with Gasteiger partial charge >= 0.3 is 0 Å². The molecule has 0 spiro atoms. The fourth-order valence-corrected chi connectivity index (χ4v) is 4.53. The minimum absolute atomic E-state index is 0.203. The number of alkyl halides is 2. The Balaban J connectivity index is 1.28. The van der Waals surface area contributed by atoms with Crippen molar-refractivity contribution in [1.82, 2.24) is 20.2 Å². The van der Waals surface area contributed by atoms with E-state index in [1.54, 1.807) is 13.1 Å². The maximum Gasteiger partial charge on any atom is 0.251 e. The van der Waals surface area contributed by atoms with Crippen molar-refractivity contribution in [1.29, 1.82) is 0 Å². The molecule has 1 aliphatic carbocycles. The third-order valence-corrected chi connectivity index (χ3v) is 6.48. The summed E-state index contributed by atoms with van der Waals surface area (Å²) < 4.78 is 60.9. The number of nitrogens with zero attached hydrogens (tertiary/aromatic N) is 4. The first kappa shape index (κ1) is 23.3. The first-order valence-electron chi connectivity index (χ1n) is 11.3. The maximum atomic E-state index is 14.4. The van der Waals surface area contributed by atoms with Crippen LogP contribution in [0.5, 0.6) is 11.5 Å². The van der Waals surface area contributed by atoms with E-state index in [2.05, 4.69) is 20.2 Å². The Labute approximate surface area is 199 Å². The number of benzene rings is 1. The van der Waals surface area contributed by atoms with Gasteiger partial charge in [-0.15, -0.1) is 0 Å². The monoisotopic (exact) mass is 488 g/mol. The van der Waals surface area contributed by atoms with Crippen molar-refractivity contribution >= 4 is 11.5 Å². The number of rotatable bonds is 5. The van der Waals surface area contributed by atoms with Crippen molar-refractivity contribution in [2.45, 2.75) is 44.1 Å². The molecule has 1 aliphatic heterocycles. The zero-order valence-corrected chi connectivity index (χ0v) is 18.9. The van der Waals surface area contributed by atoms with Crippen molar-refractivity contribution in [2.24, 2.45) is 5.73 Å². The lowest BCUT2D eigenvalue weighted by Gasteiger charge is -2.21. The summed E-state index contributed by atoms with van der Waals surface area (Å²) in [5.41, 5.74) is 8.19. The molecule has 2 aromatic heterocycles. The standard InChI is InChI=1S/C24H24F4N6O/c1-13-6-16(19(26)7-18(13)25)17-11-34(12-20(17)29)23-30-8-15(9-31-23)35-21-10-32-33-22(21)14-2-4-24(27,28)5-3-14/h2,6-10,17,20H,3-5,11-12,29H2,1H3,(H,32,33)/t17-,20+/m1/s1. The molecule has 0 bridgehead atoms. The van der Waals surface area contributed by atoms with Gasteiger partial charge in [-0.05, 0) is 36.1 Å². The smallest absolute Gasteiger partial charge is 0.251 e. The average Bonchev–Trinajstić information content (AvgIpc) is 3.43. The molecule has 3 N–H and O–H groups in total. The van der Waals surface area contributed by atoms with Gasteiger partial charge in [-0.1, -0.05) is 6.08 Å². The highest BCUT2D eigenvalue weighted by Gasteiger charge is 2.35. The van der Waals surface area contributed by atoms with Crippen LogP contribution in [0.3, 0.4) is 0 Å². The number of allylic oxidation sites excluding steroid dienone is 2. The second-order valence-corrected chi connectivity index (χ2v) is 9.01. The van der Waals surface area contributed by atoms with Crippen molar-refractivity contribution in [3.05, 3.63) is 65.3 Å². The molecule has 2 aliphatic rings. The molecule has 0 radical (unpaired) electrons. The van der Waals surface area contributed by atoms with Gasteiger partial charge < -0.3 is 15.4 Å². The van der Waals surface area contributed by atoms with Crippen LogP contribution in [0.4, 0.5) is 23.5 Å². The number of hydrogen-bond donors (Lipinski definition) is 2. The van der Waals surface area contributed by atoms with Gasteiger partial charge in [-0.25, -0.2) is 27.5 Å². The van der Waals surface area contributed by atoms with Crippen molar-refractivity contribution in [2.75, 3.05) is 18.0 Å². The Morgan fingerprint density at radius 1 is 1.14 bits per heavy atom. The van der Waals surface area contributed by atoms with Crippen LogP contribution in [0.1, 0.15) is 42.0 Å². The van der Waals surface area contributed by atoms with Crippen LogP contribution in [-0.2, 0) is 0 Å². The van der Waals surface area contributed by atoms with Gasteiger partial charge in [-0.2, -0.15) is 5.10 Å². The van der Waals surface area contributed by atoms with Crippen LogP contribution in [0.15, 0.2) is 36.8 Å². The SMILES string of the molecule is Cc1cc([C@H]2CN(c3ncc(Oc4c[nH]nc4C4=CCC(F)(F)CC4)cn3)C[C@@H]2N)c(F)cc1F. The van der Waals surface area contributed by atoms with Gasteiger partial charge in [0.15, 0.2) is 11.5 Å². The summed E-state index contributed by atoms with van der Waals surface area (Å²) in [6.45, 7) is 2.38. The number of halogens is 4. The van der Waals surface area contributed by atoms with Gasteiger partial charge in [0.2, 0.25) is 5.95 Å². The van der Waals surface area contributed by atoms with Crippen LogP contribution >= 0.6 is 0 Å². The molecule has 1 saturated heterocycles. The summed E-state index contributed by atoms with van der Waals surface area (Å²) in [4.78, 5) is 10.6. The number of aromatic nitrogens is 4. The van der Waals surface area contributed by atoms with Gasteiger partial charge in [0.05, 0.1) is 18.6 Å². The number of ether oxygens (including phenoxy) is 1. The summed E-state index contributed by atoms with van der Waals surface area (Å²) >= 11 is 0. The highest BCUT2D eigenvalue weighted by molar-refractivity contribution is 5.68. The average molecular weight is 488 g/mol. The van der Waals surface area contributed by atoms with Crippen LogP contribution in [0.25, 0.3) is 5.57 Å². The molecule has 7 nitrogen and oxygen atoms in total. The van der Waals surface area contributed by atoms with Gasteiger partial charge in [-0.3, -0.25) is 5.10 Å². The Kier molecular flexibility index (Phi) is 5.96. The zero-order chi connectivity index (χ0) is 24.7. The predicted molar refractivity (Wildman–Crippen MR) is 121 cm³/mol. The zero-order valence-electron chi connectivity index (χ0n) is 18.9. The van der Waals surface area contributed by atoms with E-state index in [0.717, 1.165) is 6.07 Å². The molecule has 3 aromatic rings. The van der Waals surface area contributed by atoms with E-state index >= 15 is 0 Å². The first-order chi connectivity index (χ1) is 16.7. The van der Waals surface area contributed by atoms with E-state index in [1.807, 2.05) is 4.90 Å². The third-order valence-electron chi connectivity index (χ3n) is 6.48. The molecule has 5 rings (SSSR count). The van der Waals surface area contributed by atoms with Crippen LogP contribution in [0, 0.1) is 18.6 Å². The summed E-state index contributed by atoms with van der Waals surface area (Å²) in [5, 5.41) is 6.86. The molecule has 2 atom stereocenters. The number of nitrogens with two attached hydrogens (primary N) is 1. The lowest BCUT2D eigenvalue weighted by molar-refractivity contribution is -0.00607. The molecule has 0 amide bonds. The largest absolute Gasteiger partial charge is 0.450 e. The quantitative estimate of drug-likeness (QED) is 0.506. The van der Waals surface area contributed by atoms with E-state index in [9.17, 15) is 17.6 Å². The molecule has 0 unspecified atom stereocenters. The third kappa shape index (κ3) is 4.72. The molecular weight excluding hydrogens is 464 g/mol. The topological polar surface area (TPSA) is 93.0 Å². The summed E-state index contributed by atoms with van der Waals surface area (Å²) in [5.74, 6) is -3.10. The Bertz CT molecular complexity index is 1260. The van der Waals surface area contributed by atoms with Crippen LogP contribution in [0.2, 0.25) is 0 Å². The number of hydrogen-bond acceptors (Lipinski definition) is 6. The second kappa shape index (κ2) is 8.95. The Morgan fingerprint density at radius 2 is 1.91 bits per heavy atom. The number of nitrogens with one attached hydrogen (secondary N) is 1. The summed E-state index contributed by atoms with van der Waals surface area (Å²) in [6, 6.07) is 2.02. The van der Waals surface area contributed by atoms with E-state index in [0.29, 0.717) is 52.9 Å². The Morgan fingerprint density at radius 3 is 2.63 bits per heavy atom. The van der Waals surface area contributed by atoms with Crippen LogP contribution < -0.4 is 15.4 Å². The molecule has 1 fully saturated rings. The molecule has 0 saturated carbocycles. The fourth-order valence-electron chi connectivity index (χ4n) is 4.53. The van der Waals surface area contributed by atoms with Crippen molar-refractivity contribution < 1.29 is 22.3 Å². The molecule has 3 heterocycles. The number of H-pyrrole nitrogens is 1. The lowest BCUT2D eigenvalue weighted by Crippen LogP contribution is -2.29. The number of aromatic amines is 1. The van der Waals surface area contributed by atoms with E-state index in [4.69, 9.17) is 10.5 Å². The number of anilines is 1. The molecule has 11 heteroatoms. The fraction of sp³-hybridized carbons (Fsp3) is 0.375. The predicted octanol–water partition coefficient (Wildman–Crippen LogP) is 4.71. The minimum Gasteiger partial charge on any atom is -0.450 e. The van der Waals surface area contributed by atoms with Gasteiger partial charge in [0, 0.05) is 44.0 Å². The molecular formula is C24H24F4N6O. The number of aryl methyl sites for hydroxylation is 1. The highest BCUT2D eigenvalue weighted by atomic mass is 19.3. The summed E-state index contributed by atoms with van der Waals surface area (Å²) in [7, 11) is 0. The molecule has 184 valence electrons. The van der Waals surface area contributed by atoms with Crippen molar-refractivity contribution in [3.63, 3.8) is 0 Å². The maximum absolute atomic E-state index is 14.4. The minimum atomic E-state index is -2.69. The Hall–Kier alpha value is -3.47.